The van der Waals surface area contributed by atoms with Crippen LogP contribution in [0.5, 0.6) is 0 Å². The van der Waals surface area contributed by atoms with Crippen LogP contribution in [0.3, 0.4) is 0 Å². The monoisotopic (exact) mass is 267 g/mol. The van der Waals surface area contributed by atoms with Crippen LogP contribution in [0.15, 0.2) is 18.2 Å². The molecule has 0 saturated carbocycles. The molecule has 5 nitrogen and oxygen atoms in total. The Morgan fingerprint density at radius 1 is 1.50 bits per heavy atom. The molecular formula is C11H10FN3O2S. The van der Waals surface area contributed by atoms with Crippen LogP contribution in [-0.4, -0.2) is 28.4 Å². The van der Waals surface area contributed by atoms with Crippen LogP contribution < -0.4 is 11.1 Å². The first kappa shape index (κ1) is 12.4. The van der Waals surface area contributed by atoms with E-state index < -0.39 is 11.8 Å². The molecule has 18 heavy (non-hydrogen) atoms. The van der Waals surface area contributed by atoms with E-state index in [-0.39, 0.29) is 29.5 Å². The topological polar surface area (TPSA) is 75.4 Å². The zero-order valence-corrected chi connectivity index (χ0v) is 10.1. The summed E-state index contributed by atoms with van der Waals surface area (Å²) in [5, 5.41) is 2.36. The van der Waals surface area contributed by atoms with Gasteiger partial charge in [-0.3, -0.25) is 9.69 Å². The summed E-state index contributed by atoms with van der Waals surface area (Å²) in [6, 6.07) is 3.58. The Morgan fingerprint density at radius 3 is 2.78 bits per heavy atom. The van der Waals surface area contributed by atoms with Gasteiger partial charge in [0.1, 0.15) is 10.8 Å². The Kier molecular flexibility index (Phi) is 3.24. The number of nitrogens with two attached hydrogens (primary N) is 1. The van der Waals surface area contributed by atoms with Gasteiger partial charge in [-0.25, -0.2) is 9.18 Å². The Hall–Kier alpha value is -2.02. The first-order chi connectivity index (χ1) is 8.49. The van der Waals surface area contributed by atoms with E-state index in [1.807, 2.05) is 0 Å². The predicted molar refractivity (Wildman–Crippen MR) is 66.2 cm³/mol. The minimum atomic E-state index is -0.528. The number of hydrogen-bond donors (Lipinski definition) is 2. The maximum Gasteiger partial charge on any atom is 0.324 e. The molecule has 2 rings (SSSR count). The van der Waals surface area contributed by atoms with E-state index in [2.05, 4.69) is 5.32 Å². The van der Waals surface area contributed by atoms with Gasteiger partial charge in [0.05, 0.1) is 13.1 Å². The maximum atomic E-state index is 13.6. The lowest BCUT2D eigenvalue weighted by atomic mass is 10.1. The molecule has 1 aromatic rings. The smallest absolute Gasteiger partial charge is 0.324 e. The number of halogens is 1. The molecule has 0 radical (unpaired) electrons. The lowest BCUT2D eigenvalue weighted by Gasteiger charge is -2.13. The molecule has 0 bridgehead atoms. The first-order valence-electron chi connectivity index (χ1n) is 5.15. The number of carbonyl (C=O) groups is 2. The third-order valence-corrected chi connectivity index (χ3v) is 2.83. The van der Waals surface area contributed by atoms with Gasteiger partial charge < -0.3 is 11.1 Å². The Morgan fingerprint density at radius 2 is 2.22 bits per heavy atom. The van der Waals surface area contributed by atoms with Gasteiger partial charge in [0.25, 0.3) is 0 Å². The zero-order chi connectivity index (χ0) is 13.3. The second-order valence-corrected chi connectivity index (χ2v) is 4.25. The minimum Gasteiger partial charge on any atom is -0.389 e. The van der Waals surface area contributed by atoms with Crippen LogP contribution in [0, 0.1) is 5.82 Å². The van der Waals surface area contributed by atoms with Crippen LogP contribution in [0.4, 0.5) is 9.18 Å². The fraction of sp³-hybridized carbons (Fsp3) is 0.182. The Bertz CT molecular complexity index is 531. The van der Waals surface area contributed by atoms with Gasteiger partial charge in [-0.2, -0.15) is 0 Å². The summed E-state index contributed by atoms with van der Waals surface area (Å²) in [5.41, 5.74) is 6.14. The molecule has 0 aliphatic carbocycles. The Labute approximate surface area is 108 Å². The third-order valence-electron chi connectivity index (χ3n) is 2.60. The minimum absolute atomic E-state index is 0.0601. The molecule has 0 spiro atoms. The normalized spacial score (nSPS) is 14.8. The van der Waals surface area contributed by atoms with E-state index in [0.717, 1.165) is 4.90 Å². The largest absolute Gasteiger partial charge is 0.389 e. The van der Waals surface area contributed by atoms with Crippen LogP contribution in [0.1, 0.15) is 11.1 Å². The van der Waals surface area contributed by atoms with Crippen molar-refractivity contribution in [3.8, 4) is 0 Å². The van der Waals surface area contributed by atoms with E-state index in [9.17, 15) is 14.0 Å². The first-order valence-corrected chi connectivity index (χ1v) is 5.56. The maximum absolute atomic E-state index is 13.6. The number of imide groups is 1. The van der Waals surface area contributed by atoms with Crippen LogP contribution >= 0.6 is 12.2 Å². The molecular weight excluding hydrogens is 257 g/mol. The van der Waals surface area contributed by atoms with E-state index in [0.29, 0.717) is 5.56 Å². The standard InChI is InChI=1S/C11H10FN3O2S/c12-8-2-1-6(10(13)18)3-7(8)5-15-9(16)4-14-11(15)17/h1-3H,4-5H2,(H2,13,18)(H,14,17). The van der Waals surface area contributed by atoms with Gasteiger partial charge in [-0.15, -0.1) is 0 Å². The molecule has 0 atom stereocenters. The third kappa shape index (κ3) is 2.30. The number of nitrogens with zero attached hydrogens (tertiary/aromatic N) is 1. The van der Waals surface area contributed by atoms with Crippen molar-refractivity contribution in [1.82, 2.24) is 10.2 Å². The summed E-state index contributed by atoms with van der Waals surface area (Å²) in [5.74, 6) is -0.900. The molecule has 1 heterocycles. The van der Waals surface area contributed by atoms with Crippen molar-refractivity contribution in [1.29, 1.82) is 0 Å². The lowest BCUT2D eigenvalue weighted by Crippen LogP contribution is -2.30. The molecule has 1 aromatic carbocycles. The number of rotatable bonds is 3. The van der Waals surface area contributed by atoms with Gasteiger partial charge in [-0.05, 0) is 18.2 Å². The van der Waals surface area contributed by atoms with Crippen molar-refractivity contribution in [2.75, 3.05) is 6.54 Å². The molecule has 1 aliphatic rings. The van der Waals surface area contributed by atoms with E-state index in [4.69, 9.17) is 18.0 Å². The second kappa shape index (κ2) is 4.69. The van der Waals surface area contributed by atoms with E-state index >= 15 is 0 Å². The molecule has 1 aliphatic heterocycles. The molecule has 1 saturated heterocycles. The highest BCUT2D eigenvalue weighted by molar-refractivity contribution is 7.80. The number of carbonyl (C=O) groups excluding carboxylic acids is 2. The summed E-state index contributed by atoms with van der Waals surface area (Å²) in [4.78, 5) is 23.8. The molecule has 0 unspecified atom stereocenters. The van der Waals surface area contributed by atoms with Gasteiger partial charge in [0.2, 0.25) is 5.91 Å². The summed E-state index contributed by atoms with van der Waals surface area (Å²) in [6.07, 6.45) is 0. The zero-order valence-electron chi connectivity index (χ0n) is 9.27. The number of amides is 3. The summed E-state index contributed by atoms with van der Waals surface area (Å²) < 4.78 is 13.6. The number of benzene rings is 1. The molecule has 3 amide bonds. The number of urea groups is 1. The van der Waals surface area contributed by atoms with Crippen molar-refractivity contribution in [2.24, 2.45) is 5.73 Å². The van der Waals surface area contributed by atoms with Crippen molar-refractivity contribution < 1.29 is 14.0 Å². The molecule has 94 valence electrons. The lowest BCUT2D eigenvalue weighted by molar-refractivity contribution is -0.125. The highest BCUT2D eigenvalue weighted by Gasteiger charge is 2.29. The summed E-state index contributed by atoms with van der Waals surface area (Å²) in [7, 11) is 0. The fourth-order valence-electron chi connectivity index (χ4n) is 1.63. The van der Waals surface area contributed by atoms with E-state index in [1.54, 1.807) is 0 Å². The molecule has 1 fully saturated rings. The summed E-state index contributed by atoms with van der Waals surface area (Å²) >= 11 is 4.79. The van der Waals surface area contributed by atoms with Crippen molar-refractivity contribution >= 4 is 29.1 Å². The molecule has 3 N–H and O–H groups in total. The van der Waals surface area contributed by atoms with Crippen LogP contribution in [0.2, 0.25) is 0 Å². The quantitative estimate of drug-likeness (QED) is 0.618. The second-order valence-electron chi connectivity index (χ2n) is 3.81. The van der Waals surface area contributed by atoms with Gasteiger partial charge in [0.15, 0.2) is 0 Å². The number of thiocarbonyl (C=S) groups is 1. The van der Waals surface area contributed by atoms with Crippen molar-refractivity contribution in [3.63, 3.8) is 0 Å². The Balaban J connectivity index is 2.28. The average Bonchev–Trinajstić information content (AvgIpc) is 2.63. The SMILES string of the molecule is NC(=S)c1ccc(F)c(CN2C(=O)CNC2=O)c1. The van der Waals surface area contributed by atoms with Crippen LogP contribution in [0.25, 0.3) is 0 Å². The average molecular weight is 267 g/mol. The molecule has 7 heteroatoms. The van der Waals surface area contributed by atoms with Crippen molar-refractivity contribution in [3.05, 3.63) is 35.1 Å². The number of nitrogens with one attached hydrogen (secondary N) is 1. The van der Waals surface area contributed by atoms with Crippen LogP contribution in [-0.2, 0) is 11.3 Å². The summed E-state index contributed by atoms with van der Waals surface area (Å²) in [6.45, 7) is -0.192. The highest BCUT2D eigenvalue weighted by Crippen LogP contribution is 2.15. The van der Waals surface area contributed by atoms with Gasteiger partial charge >= 0.3 is 6.03 Å². The molecule has 0 aromatic heterocycles. The predicted octanol–water partition coefficient (Wildman–Crippen LogP) is 0.512. The van der Waals surface area contributed by atoms with Crippen molar-refractivity contribution in [2.45, 2.75) is 6.54 Å². The van der Waals surface area contributed by atoms with Gasteiger partial charge in [0, 0.05) is 11.1 Å². The highest BCUT2D eigenvalue weighted by atomic mass is 32.1. The fourth-order valence-corrected chi connectivity index (χ4v) is 1.76. The van der Waals surface area contributed by atoms with Gasteiger partial charge in [-0.1, -0.05) is 12.2 Å². The van der Waals surface area contributed by atoms with E-state index in [1.165, 1.54) is 18.2 Å². The number of hydrogen-bond acceptors (Lipinski definition) is 3.